The second-order valence-electron chi connectivity index (χ2n) is 4.26. The van der Waals surface area contributed by atoms with E-state index in [9.17, 15) is 4.39 Å². The first kappa shape index (κ1) is 12.1. The van der Waals surface area contributed by atoms with Crippen molar-refractivity contribution in [2.24, 2.45) is 0 Å². The fourth-order valence-corrected chi connectivity index (χ4v) is 2.77. The number of nitrogens with zero attached hydrogens (tertiary/aromatic N) is 3. The van der Waals surface area contributed by atoms with Crippen LogP contribution in [0.25, 0.3) is 11.0 Å². The Morgan fingerprint density at radius 3 is 2.89 bits per heavy atom. The average molecular weight is 276 g/mol. The summed E-state index contributed by atoms with van der Waals surface area (Å²) in [6.45, 7) is 2.83. The zero-order valence-corrected chi connectivity index (χ0v) is 11.2. The zero-order valence-electron chi connectivity index (χ0n) is 10.4. The van der Waals surface area contributed by atoms with E-state index in [1.54, 1.807) is 6.07 Å². The lowest BCUT2D eigenvalue weighted by molar-refractivity contribution is 0.629. The molecular weight excluding hydrogens is 263 g/mol. The third kappa shape index (κ3) is 2.19. The van der Waals surface area contributed by atoms with Gasteiger partial charge < -0.3 is 10.3 Å². The van der Waals surface area contributed by atoms with Gasteiger partial charge in [-0.3, -0.25) is 0 Å². The van der Waals surface area contributed by atoms with E-state index in [4.69, 9.17) is 5.73 Å². The number of nitrogen functional groups attached to an aromatic ring is 1. The Labute approximate surface area is 113 Å². The molecule has 0 bridgehead atoms. The molecule has 0 fully saturated rings. The predicted molar refractivity (Wildman–Crippen MR) is 74.7 cm³/mol. The van der Waals surface area contributed by atoms with E-state index in [2.05, 4.69) is 14.5 Å². The van der Waals surface area contributed by atoms with Gasteiger partial charge in [-0.2, -0.15) is 0 Å². The molecule has 0 amide bonds. The second kappa shape index (κ2) is 4.62. The Morgan fingerprint density at radius 2 is 2.21 bits per heavy atom. The van der Waals surface area contributed by atoms with Crippen molar-refractivity contribution in [3.63, 3.8) is 0 Å². The Kier molecular flexibility index (Phi) is 2.94. The smallest absolute Gasteiger partial charge is 0.180 e. The van der Waals surface area contributed by atoms with E-state index in [1.165, 1.54) is 23.5 Å². The number of aromatic nitrogens is 3. The molecule has 0 aliphatic carbocycles. The Bertz CT molecular complexity index is 731. The van der Waals surface area contributed by atoms with Gasteiger partial charge in [0, 0.05) is 24.4 Å². The SMILES string of the molecule is CCn1c(Cc2csc(N)n2)nc2cc(F)ccc21. The van der Waals surface area contributed by atoms with E-state index >= 15 is 0 Å². The van der Waals surface area contributed by atoms with E-state index < -0.39 is 0 Å². The van der Waals surface area contributed by atoms with E-state index in [0.29, 0.717) is 17.1 Å². The van der Waals surface area contributed by atoms with Crippen LogP contribution in [-0.4, -0.2) is 14.5 Å². The van der Waals surface area contributed by atoms with Crippen molar-refractivity contribution in [2.75, 3.05) is 5.73 Å². The lowest BCUT2D eigenvalue weighted by Gasteiger charge is -2.04. The molecule has 19 heavy (non-hydrogen) atoms. The fourth-order valence-electron chi connectivity index (χ4n) is 2.21. The molecule has 0 atom stereocenters. The van der Waals surface area contributed by atoms with Crippen molar-refractivity contribution >= 4 is 27.5 Å². The molecule has 6 heteroatoms. The van der Waals surface area contributed by atoms with Crippen molar-refractivity contribution in [2.45, 2.75) is 19.9 Å². The summed E-state index contributed by atoms with van der Waals surface area (Å²) in [7, 11) is 0. The minimum absolute atomic E-state index is 0.266. The molecule has 3 aromatic rings. The normalized spacial score (nSPS) is 11.3. The number of benzene rings is 1. The molecular formula is C13H13FN4S. The highest BCUT2D eigenvalue weighted by molar-refractivity contribution is 7.13. The van der Waals surface area contributed by atoms with Crippen LogP contribution in [-0.2, 0) is 13.0 Å². The molecule has 2 N–H and O–H groups in total. The van der Waals surface area contributed by atoms with Gasteiger partial charge in [0.2, 0.25) is 0 Å². The maximum atomic E-state index is 13.2. The zero-order chi connectivity index (χ0) is 13.4. The molecule has 4 nitrogen and oxygen atoms in total. The van der Waals surface area contributed by atoms with Gasteiger partial charge in [0.15, 0.2) is 5.13 Å². The van der Waals surface area contributed by atoms with Crippen molar-refractivity contribution in [1.29, 1.82) is 0 Å². The fraction of sp³-hybridized carbons (Fsp3) is 0.231. The van der Waals surface area contributed by atoms with Gasteiger partial charge in [0.05, 0.1) is 16.7 Å². The molecule has 98 valence electrons. The first-order chi connectivity index (χ1) is 9.17. The molecule has 3 rings (SSSR count). The summed E-state index contributed by atoms with van der Waals surface area (Å²) in [5, 5.41) is 2.48. The lowest BCUT2D eigenvalue weighted by Crippen LogP contribution is -2.03. The number of fused-ring (bicyclic) bond motifs is 1. The number of anilines is 1. The minimum atomic E-state index is -0.266. The van der Waals surface area contributed by atoms with Crippen LogP contribution in [0.2, 0.25) is 0 Å². The molecule has 0 spiro atoms. The van der Waals surface area contributed by atoms with Crippen molar-refractivity contribution in [1.82, 2.24) is 14.5 Å². The monoisotopic (exact) mass is 276 g/mol. The molecule has 0 radical (unpaired) electrons. The van der Waals surface area contributed by atoms with E-state index in [-0.39, 0.29) is 5.82 Å². The molecule has 0 saturated carbocycles. The van der Waals surface area contributed by atoms with Crippen LogP contribution in [0.15, 0.2) is 23.6 Å². The van der Waals surface area contributed by atoms with Crippen LogP contribution in [0.5, 0.6) is 0 Å². The molecule has 0 aliphatic heterocycles. The van der Waals surface area contributed by atoms with Gasteiger partial charge >= 0.3 is 0 Å². The van der Waals surface area contributed by atoms with Crippen LogP contribution in [0.1, 0.15) is 18.4 Å². The van der Waals surface area contributed by atoms with Crippen LogP contribution >= 0.6 is 11.3 Å². The number of halogens is 1. The largest absolute Gasteiger partial charge is 0.375 e. The van der Waals surface area contributed by atoms with Crippen LogP contribution in [0.4, 0.5) is 9.52 Å². The van der Waals surface area contributed by atoms with Crippen LogP contribution < -0.4 is 5.73 Å². The lowest BCUT2D eigenvalue weighted by atomic mass is 10.3. The maximum Gasteiger partial charge on any atom is 0.180 e. The summed E-state index contributed by atoms with van der Waals surface area (Å²) >= 11 is 1.42. The summed E-state index contributed by atoms with van der Waals surface area (Å²) in [5.74, 6) is 0.617. The standard InChI is InChI=1S/C13H13FN4S/c1-2-18-11-4-3-8(14)5-10(11)17-12(18)6-9-7-19-13(15)16-9/h3-5,7H,2,6H2,1H3,(H2,15,16). The average Bonchev–Trinajstić information content (AvgIpc) is 2.92. The quantitative estimate of drug-likeness (QED) is 0.800. The third-order valence-corrected chi connectivity index (χ3v) is 3.74. The number of hydrogen-bond acceptors (Lipinski definition) is 4. The summed E-state index contributed by atoms with van der Waals surface area (Å²) in [6, 6.07) is 4.68. The minimum Gasteiger partial charge on any atom is -0.375 e. The summed E-state index contributed by atoms with van der Waals surface area (Å²) in [4.78, 5) is 8.73. The molecule has 0 unspecified atom stereocenters. The Hall–Kier alpha value is -1.95. The topological polar surface area (TPSA) is 56.7 Å². The molecule has 1 aromatic carbocycles. The highest BCUT2D eigenvalue weighted by Crippen LogP contribution is 2.21. The van der Waals surface area contributed by atoms with Crippen molar-refractivity contribution in [3.05, 3.63) is 40.9 Å². The first-order valence-corrected chi connectivity index (χ1v) is 6.90. The van der Waals surface area contributed by atoms with Gasteiger partial charge in [-0.25, -0.2) is 14.4 Å². The van der Waals surface area contributed by atoms with E-state index in [1.807, 2.05) is 12.3 Å². The Morgan fingerprint density at radius 1 is 1.37 bits per heavy atom. The maximum absolute atomic E-state index is 13.2. The second-order valence-corrected chi connectivity index (χ2v) is 5.15. The van der Waals surface area contributed by atoms with Crippen LogP contribution in [0, 0.1) is 5.82 Å². The summed E-state index contributed by atoms with van der Waals surface area (Å²) < 4.78 is 15.3. The molecule has 0 aliphatic rings. The molecule has 2 aromatic heterocycles. The number of aryl methyl sites for hydroxylation is 1. The van der Waals surface area contributed by atoms with Gasteiger partial charge in [-0.05, 0) is 19.1 Å². The number of imidazole rings is 1. The first-order valence-electron chi connectivity index (χ1n) is 6.02. The van der Waals surface area contributed by atoms with E-state index in [0.717, 1.165) is 23.6 Å². The molecule has 0 saturated heterocycles. The van der Waals surface area contributed by atoms with Crippen molar-refractivity contribution in [3.8, 4) is 0 Å². The predicted octanol–water partition coefficient (Wildman–Crippen LogP) is 2.82. The van der Waals surface area contributed by atoms with Gasteiger partial charge in [-0.15, -0.1) is 11.3 Å². The molecule has 2 heterocycles. The summed E-state index contributed by atoms with van der Waals surface area (Å²) in [6.07, 6.45) is 0.609. The van der Waals surface area contributed by atoms with Gasteiger partial charge in [0.25, 0.3) is 0 Å². The summed E-state index contributed by atoms with van der Waals surface area (Å²) in [5.41, 5.74) is 8.15. The van der Waals surface area contributed by atoms with Gasteiger partial charge in [-0.1, -0.05) is 0 Å². The third-order valence-electron chi connectivity index (χ3n) is 3.01. The highest BCUT2D eigenvalue weighted by atomic mass is 32.1. The number of hydrogen-bond donors (Lipinski definition) is 1. The number of thiazole rings is 1. The number of nitrogens with two attached hydrogens (primary N) is 1. The Balaban J connectivity index is 2.07. The van der Waals surface area contributed by atoms with Crippen molar-refractivity contribution < 1.29 is 4.39 Å². The van der Waals surface area contributed by atoms with Crippen LogP contribution in [0.3, 0.4) is 0 Å². The highest BCUT2D eigenvalue weighted by Gasteiger charge is 2.12. The van der Waals surface area contributed by atoms with Gasteiger partial charge in [0.1, 0.15) is 11.6 Å². The number of rotatable bonds is 3.